The van der Waals surface area contributed by atoms with Gasteiger partial charge in [0.15, 0.2) is 5.72 Å². The first kappa shape index (κ1) is 22.8. The Hall–Kier alpha value is -3.84. The van der Waals surface area contributed by atoms with Gasteiger partial charge in [-0.2, -0.15) is 10.5 Å². The summed E-state index contributed by atoms with van der Waals surface area (Å²) >= 11 is 6.03. The lowest BCUT2D eigenvalue weighted by molar-refractivity contribution is 0.0413. The van der Waals surface area contributed by atoms with E-state index in [2.05, 4.69) is 13.2 Å². The number of urea groups is 1. The molecule has 0 aromatic heterocycles. The highest BCUT2D eigenvalue weighted by molar-refractivity contribution is 6.30. The maximum Gasteiger partial charge on any atom is 0.332 e. The second kappa shape index (κ2) is 8.36. The van der Waals surface area contributed by atoms with E-state index < -0.39 is 17.3 Å². The summed E-state index contributed by atoms with van der Waals surface area (Å²) in [6.07, 6.45) is 2.82. The molecule has 1 unspecified atom stereocenters. The van der Waals surface area contributed by atoms with Gasteiger partial charge < -0.3 is 5.11 Å². The van der Waals surface area contributed by atoms with Crippen LogP contribution in [0.3, 0.4) is 0 Å². The molecular weight excluding hydrogens is 424 g/mol. The van der Waals surface area contributed by atoms with E-state index in [4.69, 9.17) is 16.9 Å². The fourth-order valence-electron chi connectivity index (χ4n) is 3.92. The van der Waals surface area contributed by atoms with Crippen LogP contribution >= 0.6 is 11.6 Å². The summed E-state index contributed by atoms with van der Waals surface area (Å²) < 4.78 is 0. The van der Waals surface area contributed by atoms with E-state index in [1.807, 2.05) is 12.1 Å². The van der Waals surface area contributed by atoms with E-state index in [0.29, 0.717) is 22.0 Å². The number of rotatable bonds is 5. The first-order valence-electron chi connectivity index (χ1n) is 9.68. The molecular formula is C25H21ClN4O2. The third-order valence-electron chi connectivity index (χ3n) is 5.55. The van der Waals surface area contributed by atoms with Crippen LogP contribution in [-0.4, -0.2) is 22.4 Å². The number of nitrogens with zero attached hydrogens (tertiary/aromatic N) is 4. The zero-order valence-electron chi connectivity index (χ0n) is 17.7. The minimum Gasteiger partial charge on any atom is -0.365 e. The summed E-state index contributed by atoms with van der Waals surface area (Å²) in [6.45, 7) is 10.9. The molecule has 2 aromatic carbocycles. The van der Waals surface area contributed by atoms with Crippen molar-refractivity contribution in [1.82, 2.24) is 0 Å². The molecule has 3 rings (SSSR count). The Morgan fingerprint density at radius 1 is 1.06 bits per heavy atom. The SMILES string of the molecule is C=C/C(=C\C(=C)C#N)C1(O)N(c2ccc(Cl)cc2)C(=O)N(c2ccc(C#N)cc2)C1(C)C. The molecule has 0 radical (unpaired) electrons. The number of hydrogen-bond acceptors (Lipinski definition) is 4. The summed E-state index contributed by atoms with van der Waals surface area (Å²) in [4.78, 5) is 16.5. The van der Waals surface area contributed by atoms with Crippen LogP contribution in [0.2, 0.25) is 5.02 Å². The van der Waals surface area contributed by atoms with Gasteiger partial charge in [0, 0.05) is 27.5 Å². The fraction of sp³-hybridized carbons (Fsp3) is 0.160. The van der Waals surface area contributed by atoms with Gasteiger partial charge in [0.05, 0.1) is 23.2 Å². The molecule has 1 aliphatic rings. The number of carbonyl (C=O) groups is 1. The van der Waals surface area contributed by atoms with Crippen molar-refractivity contribution >= 4 is 29.0 Å². The number of hydrogen-bond donors (Lipinski definition) is 1. The Bertz CT molecular complexity index is 1200. The topological polar surface area (TPSA) is 91.4 Å². The van der Waals surface area contributed by atoms with Gasteiger partial charge in [-0.05, 0) is 68.5 Å². The highest BCUT2D eigenvalue weighted by atomic mass is 35.5. The van der Waals surface area contributed by atoms with Crippen LogP contribution < -0.4 is 9.80 Å². The average Bonchev–Trinajstić information content (AvgIpc) is 2.94. The van der Waals surface area contributed by atoms with E-state index in [0.717, 1.165) is 0 Å². The highest BCUT2D eigenvalue weighted by Gasteiger charge is 2.64. The van der Waals surface area contributed by atoms with Crippen molar-refractivity contribution in [1.29, 1.82) is 10.5 Å². The summed E-state index contributed by atoms with van der Waals surface area (Å²) in [7, 11) is 0. The van der Waals surface area contributed by atoms with Gasteiger partial charge in [-0.1, -0.05) is 30.8 Å². The molecule has 1 aliphatic heterocycles. The number of anilines is 2. The molecule has 32 heavy (non-hydrogen) atoms. The number of benzene rings is 2. The third kappa shape index (κ3) is 3.46. The van der Waals surface area contributed by atoms with Gasteiger partial charge in [-0.25, -0.2) is 4.79 Å². The fourth-order valence-corrected chi connectivity index (χ4v) is 4.04. The lowest BCUT2D eigenvalue weighted by Gasteiger charge is -2.43. The van der Waals surface area contributed by atoms with Crippen molar-refractivity contribution < 1.29 is 9.90 Å². The smallest absolute Gasteiger partial charge is 0.332 e. The van der Waals surface area contributed by atoms with Gasteiger partial charge in [0.1, 0.15) is 0 Å². The third-order valence-corrected chi connectivity index (χ3v) is 5.81. The van der Waals surface area contributed by atoms with Crippen LogP contribution in [0.1, 0.15) is 19.4 Å². The summed E-state index contributed by atoms with van der Waals surface area (Å²) in [5, 5.41) is 31.0. The van der Waals surface area contributed by atoms with E-state index in [1.54, 1.807) is 62.4 Å². The summed E-state index contributed by atoms with van der Waals surface area (Å²) in [5.74, 6) is 0. The molecule has 0 aliphatic carbocycles. The van der Waals surface area contributed by atoms with Crippen molar-refractivity contribution in [2.45, 2.75) is 25.1 Å². The van der Waals surface area contributed by atoms with Crippen LogP contribution in [0.15, 0.2) is 85.0 Å². The van der Waals surface area contributed by atoms with E-state index in [1.165, 1.54) is 22.0 Å². The van der Waals surface area contributed by atoms with Crippen LogP contribution in [0, 0.1) is 22.7 Å². The first-order valence-corrected chi connectivity index (χ1v) is 10.1. The number of amides is 2. The van der Waals surface area contributed by atoms with Gasteiger partial charge in [0.2, 0.25) is 0 Å². The Morgan fingerprint density at radius 2 is 1.59 bits per heavy atom. The molecule has 1 heterocycles. The number of allylic oxidation sites excluding steroid dienone is 2. The zero-order valence-corrected chi connectivity index (χ0v) is 18.5. The van der Waals surface area contributed by atoms with Gasteiger partial charge >= 0.3 is 6.03 Å². The Labute approximate surface area is 192 Å². The lowest BCUT2D eigenvalue weighted by atomic mass is 9.82. The molecule has 2 amide bonds. The molecule has 7 heteroatoms. The number of carbonyl (C=O) groups excluding carboxylic acids is 1. The number of nitriles is 2. The zero-order chi connectivity index (χ0) is 23.7. The summed E-state index contributed by atoms with van der Waals surface area (Å²) in [5.41, 5.74) is -1.48. The maximum atomic E-state index is 13.8. The maximum absolute atomic E-state index is 13.8. The number of halogens is 1. The average molecular weight is 445 g/mol. The van der Waals surface area contributed by atoms with Gasteiger partial charge in [-0.15, -0.1) is 0 Å². The minimum atomic E-state index is -1.92. The van der Waals surface area contributed by atoms with Crippen LogP contribution in [0.25, 0.3) is 0 Å². The largest absolute Gasteiger partial charge is 0.365 e. The second-order valence-electron chi connectivity index (χ2n) is 7.76. The molecule has 0 spiro atoms. The molecule has 0 saturated carbocycles. The van der Waals surface area contributed by atoms with Crippen molar-refractivity contribution in [2.24, 2.45) is 0 Å². The second-order valence-corrected chi connectivity index (χ2v) is 8.20. The molecule has 6 nitrogen and oxygen atoms in total. The standard InChI is InChI=1S/C25H21ClN4O2/c1-5-19(14-17(2)15-27)25(32)24(3,4)29(21-10-6-18(16-28)7-11-21)23(31)30(25)22-12-8-20(26)9-13-22/h5-14,32H,1-2H2,3-4H3/b19-14+. The molecule has 1 fully saturated rings. The molecule has 0 bridgehead atoms. The summed E-state index contributed by atoms with van der Waals surface area (Å²) in [6, 6.07) is 16.5. The monoisotopic (exact) mass is 444 g/mol. The number of aliphatic hydroxyl groups is 1. The van der Waals surface area contributed by atoms with E-state index in [-0.39, 0.29) is 11.1 Å². The molecule has 1 saturated heterocycles. The Morgan fingerprint density at radius 3 is 2.09 bits per heavy atom. The quantitative estimate of drug-likeness (QED) is 0.499. The highest BCUT2D eigenvalue weighted by Crippen LogP contribution is 2.49. The normalized spacial score (nSPS) is 19.9. The van der Waals surface area contributed by atoms with Crippen molar-refractivity contribution in [3.63, 3.8) is 0 Å². The molecule has 160 valence electrons. The predicted molar refractivity (Wildman–Crippen MR) is 125 cm³/mol. The van der Waals surface area contributed by atoms with Crippen molar-refractivity contribution in [3.8, 4) is 12.1 Å². The Balaban J connectivity index is 2.30. The first-order chi connectivity index (χ1) is 15.1. The minimum absolute atomic E-state index is 0.101. The van der Waals surface area contributed by atoms with Crippen molar-refractivity contribution in [2.75, 3.05) is 9.80 Å². The van der Waals surface area contributed by atoms with Gasteiger partial charge in [-0.3, -0.25) is 9.80 Å². The molecule has 2 aromatic rings. The Kier molecular flexibility index (Phi) is 5.96. The molecule has 1 atom stereocenters. The van der Waals surface area contributed by atoms with Crippen LogP contribution in [-0.2, 0) is 0 Å². The van der Waals surface area contributed by atoms with E-state index >= 15 is 0 Å². The van der Waals surface area contributed by atoms with Crippen LogP contribution in [0.5, 0.6) is 0 Å². The predicted octanol–water partition coefficient (Wildman–Crippen LogP) is 5.32. The van der Waals surface area contributed by atoms with Crippen LogP contribution in [0.4, 0.5) is 16.2 Å². The van der Waals surface area contributed by atoms with E-state index in [9.17, 15) is 15.2 Å². The molecule has 1 N–H and O–H groups in total. The van der Waals surface area contributed by atoms with Gasteiger partial charge in [0.25, 0.3) is 0 Å². The lowest BCUT2D eigenvalue weighted by Crippen LogP contribution is -2.59. The van der Waals surface area contributed by atoms with Crippen molar-refractivity contribution in [3.05, 3.63) is 95.6 Å².